The van der Waals surface area contributed by atoms with Crippen molar-refractivity contribution in [2.24, 2.45) is 4.99 Å². The standard InChI is InChI=1S/C17H21N3O3S/c1-3-23-14-10-12(4-5-13(14)21)11-15-16(22)18-17(24-15)20-8-6-19(2)7-9-20/h4-5,10-11,21H,3,6-9H2,1-2H3/p+1/b15-11+. The number of amidine groups is 1. The summed E-state index contributed by atoms with van der Waals surface area (Å²) >= 11 is 1.42. The number of carbonyl (C=O) groups excluding carboxylic acids is 1. The Balaban J connectivity index is 1.73. The summed E-state index contributed by atoms with van der Waals surface area (Å²) in [6, 6.07) is 5.07. The summed E-state index contributed by atoms with van der Waals surface area (Å²) in [5.74, 6) is 0.319. The molecule has 2 N–H and O–H groups in total. The quantitative estimate of drug-likeness (QED) is 0.783. The number of nitrogens with one attached hydrogen (secondary N) is 1. The van der Waals surface area contributed by atoms with E-state index in [2.05, 4.69) is 16.9 Å². The van der Waals surface area contributed by atoms with Crippen molar-refractivity contribution in [3.8, 4) is 11.5 Å². The van der Waals surface area contributed by atoms with E-state index in [1.54, 1.807) is 24.3 Å². The number of quaternary nitrogens is 1. The summed E-state index contributed by atoms with van der Waals surface area (Å²) in [7, 11) is 2.18. The maximum atomic E-state index is 12.2. The highest BCUT2D eigenvalue weighted by molar-refractivity contribution is 8.18. The Labute approximate surface area is 145 Å². The van der Waals surface area contributed by atoms with Crippen LogP contribution in [0.5, 0.6) is 11.5 Å². The molecule has 7 heteroatoms. The summed E-state index contributed by atoms with van der Waals surface area (Å²) in [5, 5.41) is 10.6. The van der Waals surface area contributed by atoms with Crippen molar-refractivity contribution < 1.29 is 19.5 Å². The van der Waals surface area contributed by atoms with Gasteiger partial charge in [-0.05, 0) is 42.5 Å². The van der Waals surface area contributed by atoms with Gasteiger partial charge in [-0.15, -0.1) is 0 Å². The zero-order valence-electron chi connectivity index (χ0n) is 13.9. The number of aromatic hydroxyl groups is 1. The fraction of sp³-hybridized carbons (Fsp3) is 0.412. The van der Waals surface area contributed by atoms with Crippen LogP contribution in [-0.4, -0.2) is 60.9 Å². The van der Waals surface area contributed by atoms with Crippen molar-refractivity contribution in [1.29, 1.82) is 0 Å². The SMILES string of the molecule is CCOc1cc(/C=C2/SC(N3CC[NH+](C)CC3)=NC2=O)ccc1O. The Kier molecular flexibility index (Phi) is 5.11. The number of aliphatic imine (C=N–C) groups is 1. The Morgan fingerprint density at radius 1 is 1.42 bits per heavy atom. The van der Waals surface area contributed by atoms with Gasteiger partial charge < -0.3 is 19.6 Å². The maximum absolute atomic E-state index is 12.2. The van der Waals surface area contributed by atoms with E-state index < -0.39 is 0 Å². The zero-order chi connectivity index (χ0) is 17.1. The molecule has 1 amide bonds. The van der Waals surface area contributed by atoms with Gasteiger partial charge in [0.1, 0.15) is 0 Å². The third-order valence-electron chi connectivity index (χ3n) is 4.08. The number of carbonyl (C=O) groups is 1. The molecule has 24 heavy (non-hydrogen) atoms. The maximum Gasteiger partial charge on any atom is 0.286 e. The zero-order valence-corrected chi connectivity index (χ0v) is 14.7. The molecule has 1 saturated heterocycles. The molecule has 1 fully saturated rings. The normalized spacial score (nSPS) is 20.6. The van der Waals surface area contributed by atoms with E-state index in [0.29, 0.717) is 17.3 Å². The smallest absolute Gasteiger partial charge is 0.286 e. The van der Waals surface area contributed by atoms with Crippen LogP contribution in [0.1, 0.15) is 12.5 Å². The van der Waals surface area contributed by atoms with Crippen molar-refractivity contribution in [2.45, 2.75) is 6.92 Å². The van der Waals surface area contributed by atoms with Crippen LogP contribution in [0.3, 0.4) is 0 Å². The molecule has 0 aromatic heterocycles. The Bertz CT molecular complexity index is 694. The van der Waals surface area contributed by atoms with E-state index in [1.165, 1.54) is 16.7 Å². The second-order valence-electron chi connectivity index (χ2n) is 5.91. The molecule has 0 saturated carbocycles. The van der Waals surface area contributed by atoms with Crippen LogP contribution in [0.4, 0.5) is 0 Å². The first-order valence-corrected chi connectivity index (χ1v) is 8.93. The first kappa shape index (κ1) is 16.9. The van der Waals surface area contributed by atoms with Gasteiger partial charge in [0.25, 0.3) is 5.91 Å². The lowest BCUT2D eigenvalue weighted by molar-refractivity contribution is -0.883. The van der Waals surface area contributed by atoms with Gasteiger partial charge in [-0.3, -0.25) is 4.79 Å². The number of hydrogen-bond donors (Lipinski definition) is 2. The molecule has 1 aromatic rings. The van der Waals surface area contributed by atoms with Crippen molar-refractivity contribution in [1.82, 2.24) is 4.90 Å². The van der Waals surface area contributed by atoms with Crippen LogP contribution in [0.25, 0.3) is 6.08 Å². The highest BCUT2D eigenvalue weighted by Crippen LogP contribution is 2.32. The van der Waals surface area contributed by atoms with Crippen LogP contribution in [-0.2, 0) is 4.79 Å². The van der Waals surface area contributed by atoms with E-state index >= 15 is 0 Å². The largest absolute Gasteiger partial charge is 0.504 e. The Morgan fingerprint density at radius 3 is 2.88 bits per heavy atom. The van der Waals surface area contributed by atoms with Gasteiger partial charge in [0.05, 0.1) is 44.7 Å². The van der Waals surface area contributed by atoms with Crippen LogP contribution in [0.2, 0.25) is 0 Å². The van der Waals surface area contributed by atoms with E-state index in [1.807, 2.05) is 6.92 Å². The van der Waals surface area contributed by atoms with Gasteiger partial charge in [-0.25, -0.2) is 0 Å². The molecular formula is C17H22N3O3S+. The molecule has 1 aromatic carbocycles. The summed E-state index contributed by atoms with van der Waals surface area (Å²) in [6.45, 7) is 6.29. The highest BCUT2D eigenvalue weighted by Gasteiger charge is 2.28. The lowest BCUT2D eigenvalue weighted by Gasteiger charge is -2.30. The van der Waals surface area contributed by atoms with Gasteiger partial charge in [0, 0.05) is 0 Å². The fourth-order valence-electron chi connectivity index (χ4n) is 2.66. The van der Waals surface area contributed by atoms with Crippen molar-refractivity contribution >= 4 is 28.9 Å². The molecule has 2 aliphatic heterocycles. The molecular weight excluding hydrogens is 326 g/mol. The van der Waals surface area contributed by atoms with E-state index in [0.717, 1.165) is 36.9 Å². The summed E-state index contributed by atoms with van der Waals surface area (Å²) < 4.78 is 5.38. The number of piperazine rings is 1. The van der Waals surface area contributed by atoms with Gasteiger partial charge in [-0.1, -0.05) is 6.07 Å². The number of nitrogens with zero attached hydrogens (tertiary/aromatic N) is 2. The molecule has 2 heterocycles. The summed E-state index contributed by atoms with van der Waals surface area (Å²) in [6.07, 6.45) is 1.80. The number of rotatable bonds is 3. The summed E-state index contributed by atoms with van der Waals surface area (Å²) in [5.41, 5.74) is 0.811. The average molecular weight is 348 g/mol. The van der Waals surface area contributed by atoms with Crippen LogP contribution >= 0.6 is 11.8 Å². The average Bonchev–Trinajstić information content (AvgIpc) is 2.92. The molecule has 6 nitrogen and oxygen atoms in total. The molecule has 0 atom stereocenters. The number of thioether (sulfide) groups is 1. The van der Waals surface area contributed by atoms with Gasteiger partial charge in [0.15, 0.2) is 16.7 Å². The molecule has 128 valence electrons. The lowest BCUT2D eigenvalue weighted by atomic mass is 10.2. The molecule has 3 rings (SSSR count). The van der Waals surface area contributed by atoms with Gasteiger partial charge in [-0.2, -0.15) is 4.99 Å². The number of ether oxygens (including phenoxy) is 1. The van der Waals surface area contributed by atoms with Crippen LogP contribution in [0.15, 0.2) is 28.1 Å². The highest BCUT2D eigenvalue weighted by atomic mass is 32.2. The van der Waals surface area contributed by atoms with Crippen molar-refractivity contribution in [3.63, 3.8) is 0 Å². The van der Waals surface area contributed by atoms with Crippen molar-refractivity contribution in [2.75, 3.05) is 39.8 Å². The Morgan fingerprint density at radius 2 is 2.17 bits per heavy atom. The minimum Gasteiger partial charge on any atom is -0.504 e. The van der Waals surface area contributed by atoms with Gasteiger partial charge >= 0.3 is 0 Å². The monoisotopic (exact) mass is 348 g/mol. The number of amides is 1. The second-order valence-corrected chi connectivity index (χ2v) is 6.92. The third-order valence-corrected chi connectivity index (χ3v) is 5.12. The molecule has 0 aliphatic carbocycles. The van der Waals surface area contributed by atoms with Crippen LogP contribution < -0.4 is 9.64 Å². The topological polar surface area (TPSA) is 66.6 Å². The van der Waals surface area contributed by atoms with Crippen molar-refractivity contribution in [3.05, 3.63) is 28.7 Å². The Hall–Kier alpha value is -1.99. The predicted octanol–water partition coefficient (Wildman–Crippen LogP) is 0.592. The minimum absolute atomic E-state index is 0.0984. The van der Waals surface area contributed by atoms with E-state index in [4.69, 9.17) is 4.74 Å². The fourth-order valence-corrected chi connectivity index (χ4v) is 3.62. The summed E-state index contributed by atoms with van der Waals surface area (Å²) in [4.78, 5) is 20.7. The number of benzene rings is 1. The molecule has 0 radical (unpaired) electrons. The van der Waals surface area contributed by atoms with E-state index in [-0.39, 0.29) is 11.7 Å². The van der Waals surface area contributed by atoms with E-state index in [9.17, 15) is 9.90 Å². The predicted molar refractivity (Wildman–Crippen MR) is 95.5 cm³/mol. The number of hydrogen-bond acceptors (Lipinski definition) is 5. The number of phenols is 1. The number of phenolic OH excluding ortho intramolecular Hbond substituents is 1. The third kappa shape index (κ3) is 3.73. The molecule has 2 aliphatic rings. The van der Waals surface area contributed by atoms with Crippen LogP contribution in [0, 0.1) is 0 Å². The first-order chi connectivity index (χ1) is 11.6. The van der Waals surface area contributed by atoms with Gasteiger partial charge in [0.2, 0.25) is 0 Å². The lowest BCUT2D eigenvalue weighted by Crippen LogP contribution is -3.12. The number of likely N-dealkylation sites (N-methyl/N-ethyl adjacent to an activating group) is 1. The molecule has 0 bridgehead atoms. The second kappa shape index (κ2) is 7.27. The minimum atomic E-state index is -0.202. The molecule has 0 unspecified atom stereocenters. The molecule has 0 spiro atoms. The first-order valence-electron chi connectivity index (χ1n) is 8.11.